The molecule has 3 aromatic rings. The number of carboxylic acid groups (broad SMARTS) is 1. The van der Waals surface area contributed by atoms with Crippen LogP contribution in [0.25, 0.3) is 17.1 Å². The third-order valence-electron chi connectivity index (χ3n) is 7.19. The van der Waals surface area contributed by atoms with E-state index in [1.54, 1.807) is 18.3 Å². The third kappa shape index (κ3) is 4.07. The Kier molecular flexibility index (Phi) is 5.60. The van der Waals surface area contributed by atoms with Crippen LogP contribution in [0.2, 0.25) is 0 Å². The van der Waals surface area contributed by atoms with Crippen molar-refractivity contribution in [3.8, 4) is 11.5 Å². The number of nitrogens with one attached hydrogen (secondary N) is 1. The first-order valence-electron chi connectivity index (χ1n) is 12.2. The van der Waals surface area contributed by atoms with Gasteiger partial charge in [0.2, 0.25) is 5.78 Å². The van der Waals surface area contributed by atoms with Crippen LogP contribution < -0.4 is 9.47 Å². The zero-order chi connectivity index (χ0) is 24.8. The molecule has 10 heteroatoms. The summed E-state index contributed by atoms with van der Waals surface area (Å²) in [5.74, 6) is 1.77. The molecule has 1 aliphatic carbocycles. The fourth-order valence-corrected chi connectivity index (χ4v) is 4.86. The van der Waals surface area contributed by atoms with E-state index in [1.165, 1.54) is 17.7 Å². The lowest BCUT2D eigenvalue weighted by molar-refractivity contribution is 0.0874. The maximum Gasteiger partial charge on any atom is 0.407 e. The van der Waals surface area contributed by atoms with Gasteiger partial charge in [0.05, 0.1) is 23.4 Å². The third-order valence-corrected chi connectivity index (χ3v) is 7.19. The topological polar surface area (TPSA) is 121 Å². The lowest BCUT2D eigenvalue weighted by Gasteiger charge is -2.37. The van der Waals surface area contributed by atoms with Gasteiger partial charge in [-0.05, 0) is 49.9 Å². The molecule has 10 nitrogen and oxygen atoms in total. The van der Waals surface area contributed by atoms with E-state index >= 15 is 0 Å². The van der Waals surface area contributed by atoms with Crippen molar-refractivity contribution in [1.29, 1.82) is 0 Å². The van der Waals surface area contributed by atoms with Crippen molar-refractivity contribution in [2.45, 2.75) is 25.8 Å². The number of carbonyl (C=O) groups excluding carboxylic acids is 1. The number of hydrogen-bond acceptors (Lipinski definition) is 7. The molecule has 1 unspecified atom stereocenters. The largest absolute Gasteiger partial charge is 0.493 e. The van der Waals surface area contributed by atoms with Crippen LogP contribution in [0.4, 0.5) is 4.79 Å². The minimum absolute atomic E-state index is 0.132. The Morgan fingerprint density at radius 3 is 2.83 bits per heavy atom. The van der Waals surface area contributed by atoms with E-state index < -0.39 is 6.09 Å². The second kappa shape index (κ2) is 8.94. The number of pyridine rings is 1. The minimum atomic E-state index is -0.902. The van der Waals surface area contributed by atoms with Crippen molar-refractivity contribution < 1.29 is 24.2 Å². The number of rotatable bonds is 6. The summed E-state index contributed by atoms with van der Waals surface area (Å²) in [6.45, 7) is 4.72. The summed E-state index contributed by atoms with van der Waals surface area (Å²) in [7, 11) is 0. The number of Topliss-reactive ketones (excluding diaryl/α,β-unsaturated/α-hetero) is 1. The lowest BCUT2D eigenvalue weighted by Crippen LogP contribution is -2.48. The fraction of sp³-hybridized carbons (Fsp3) is 0.385. The molecule has 0 radical (unpaired) electrons. The Bertz CT molecular complexity index is 1370. The first-order valence-corrected chi connectivity index (χ1v) is 12.2. The highest BCUT2D eigenvalue weighted by atomic mass is 16.5. The van der Waals surface area contributed by atoms with E-state index in [9.17, 15) is 14.7 Å². The Morgan fingerprint density at radius 2 is 2.08 bits per heavy atom. The molecule has 0 bridgehead atoms. The lowest BCUT2D eigenvalue weighted by atomic mass is 9.99. The minimum Gasteiger partial charge on any atom is -0.493 e. The van der Waals surface area contributed by atoms with Crippen molar-refractivity contribution in [2.75, 3.05) is 32.8 Å². The number of H-pyrrole nitrogens is 1. The number of aromatic nitrogens is 3. The van der Waals surface area contributed by atoms with Crippen LogP contribution in [0.3, 0.4) is 0 Å². The van der Waals surface area contributed by atoms with Gasteiger partial charge in [-0.1, -0.05) is 0 Å². The van der Waals surface area contributed by atoms with Crippen LogP contribution in [0.1, 0.15) is 47.4 Å². The molecule has 1 saturated heterocycles. The highest BCUT2D eigenvalue weighted by Gasteiger charge is 2.36. The van der Waals surface area contributed by atoms with Gasteiger partial charge in [-0.2, -0.15) is 5.10 Å². The standard InChI is InChI=1S/C26H27N5O5/c1-15(30-9-11-31(12-10-30)26(33)34)22-20(35-14-16-4-5-16)7-6-18-23(32)21(36-24(18)22)13-19-17-3-2-8-27-25(17)29-28-19/h2-3,6-8,13,15-16H,4-5,9-12,14H2,1H3,(H,33,34)(H,27,28,29). The van der Waals surface area contributed by atoms with Crippen LogP contribution in [-0.2, 0) is 0 Å². The molecule has 6 rings (SSSR count). The molecule has 186 valence electrons. The van der Waals surface area contributed by atoms with Crippen LogP contribution in [0.15, 0.2) is 36.2 Å². The van der Waals surface area contributed by atoms with E-state index in [-0.39, 0.29) is 17.6 Å². The molecular weight excluding hydrogens is 462 g/mol. The predicted molar refractivity (Wildman–Crippen MR) is 131 cm³/mol. The number of nitrogens with zero attached hydrogens (tertiary/aromatic N) is 4. The predicted octanol–water partition coefficient (Wildman–Crippen LogP) is 3.72. The van der Waals surface area contributed by atoms with Gasteiger partial charge >= 0.3 is 6.09 Å². The molecule has 0 spiro atoms. The Morgan fingerprint density at radius 1 is 1.28 bits per heavy atom. The maximum atomic E-state index is 13.3. The number of fused-ring (bicyclic) bond motifs is 2. The number of carbonyl (C=O) groups is 2. The van der Waals surface area contributed by atoms with E-state index in [1.807, 2.05) is 18.2 Å². The highest BCUT2D eigenvalue weighted by molar-refractivity contribution is 6.15. The summed E-state index contributed by atoms with van der Waals surface area (Å²) in [6.07, 6.45) is 4.76. The molecule has 2 aliphatic heterocycles. The normalized spacial score (nSPS) is 20.0. The number of ketones is 1. The Hall–Kier alpha value is -3.92. The second-order valence-electron chi connectivity index (χ2n) is 9.54. The first-order chi connectivity index (χ1) is 17.5. The number of piperazine rings is 1. The van der Waals surface area contributed by atoms with E-state index in [4.69, 9.17) is 9.47 Å². The van der Waals surface area contributed by atoms with Gasteiger partial charge in [0.15, 0.2) is 11.4 Å². The molecule has 1 aromatic carbocycles. The highest BCUT2D eigenvalue weighted by Crippen LogP contribution is 2.45. The van der Waals surface area contributed by atoms with Crippen molar-refractivity contribution in [3.63, 3.8) is 0 Å². The zero-order valence-corrected chi connectivity index (χ0v) is 19.9. The van der Waals surface area contributed by atoms with Crippen LogP contribution in [0, 0.1) is 5.92 Å². The average molecular weight is 490 g/mol. The molecule has 1 amide bonds. The van der Waals surface area contributed by atoms with Gasteiger partial charge in [0, 0.05) is 49.9 Å². The van der Waals surface area contributed by atoms with Crippen molar-refractivity contribution in [3.05, 3.63) is 53.0 Å². The summed E-state index contributed by atoms with van der Waals surface area (Å²) < 4.78 is 12.5. The van der Waals surface area contributed by atoms with E-state index in [0.717, 1.165) is 10.9 Å². The molecule has 2 aromatic heterocycles. The number of amides is 1. The number of hydrogen-bond donors (Lipinski definition) is 2. The zero-order valence-electron chi connectivity index (χ0n) is 19.9. The van der Waals surface area contributed by atoms with Gasteiger partial charge in [-0.15, -0.1) is 0 Å². The van der Waals surface area contributed by atoms with Gasteiger partial charge in [-0.25, -0.2) is 9.78 Å². The molecule has 4 heterocycles. The molecule has 2 fully saturated rings. The Labute approximate surface area is 207 Å². The fourth-order valence-electron chi connectivity index (χ4n) is 4.86. The smallest absolute Gasteiger partial charge is 0.407 e. The van der Waals surface area contributed by atoms with Gasteiger partial charge in [-0.3, -0.25) is 14.8 Å². The Balaban J connectivity index is 1.34. The molecule has 1 atom stereocenters. The SMILES string of the molecule is CC(c1c(OCC2CC2)ccc2c1OC(=Cc1n[nH]c3ncccc13)C2=O)N1CCN(C(=O)O)CC1. The second-order valence-corrected chi connectivity index (χ2v) is 9.54. The summed E-state index contributed by atoms with van der Waals surface area (Å²) in [4.78, 5) is 32.6. The number of allylic oxidation sites excluding steroid dienone is 1. The summed E-state index contributed by atoms with van der Waals surface area (Å²) in [5.41, 5.74) is 2.53. The summed E-state index contributed by atoms with van der Waals surface area (Å²) in [6, 6.07) is 7.20. The van der Waals surface area contributed by atoms with Crippen LogP contribution in [0.5, 0.6) is 11.5 Å². The number of ether oxygens (including phenoxy) is 2. The molecule has 36 heavy (non-hydrogen) atoms. The maximum absolute atomic E-state index is 13.3. The average Bonchev–Trinajstić information content (AvgIpc) is 3.57. The quantitative estimate of drug-likeness (QED) is 0.503. The van der Waals surface area contributed by atoms with Crippen molar-refractivity contribution >= 4 is 29.0 Å². The molecule has 1 saturated carbocycles. The summed E-state index contributed by atoms with van der Waals surface area (Å²) in [5, 5.41) is 17.3. The molecular formula is C26H27N5O5. The van der Waals surface area contributed by atoms with Crippen molar-refractivity contribution in [2.24, 2.45) is 5.92 Å². The van der Waals surface area contributed by atoms with Crippen LogP contribution in [-0.4, -0.2) is 74.8 Å². The van der Waals surface area contributed by atoms with Crippen molar-refractivity contribution in [1.82, 2.24) is 25.0 Å². The molecule has 2 N–H and O–H groups in total. The number of benzene rings is 1. The number of aromatic amines is 1. The van der Waals surface area contributed by atoms with Gasteiger partial charge in [0.1, 0.15) is 11.5 Å². The first kappa shape index (κ1) is 22.5. The van der Waals surface area contributed by atoms with E-state index in [0.29, 0.717) is 67.1 Å². The molecule has 3 aliphatic rings. The summed E-state index contributed by atoms with van der Waals surface area (Å²) >= 11 is 0. The van der Waals surface area contributed by atoms with Gasteiger partial charge in [0.25, 0.3) is 0 Å². The van der Waals surface area contributed by atoms with Gasteiger partial charge < -0.3 is 19.5 Å². The monoisotopic (exact) mass is 489 g/mol. The van der Waals surface area contributed by atoms with Crippen LogP contribution >= 0.6 is 0 Å². The van der Waals surface area contributed by atoms with E-state index in [2.05, 4.69) is 27.0 Å².